The first-order valence-corrected chi connectivity index (χ1v) is 11.1. The molecular formula is C23H34FN3O3. The quantitative estimate of drug-likeness (QED) is 0.773. The van der Waals surface area contributed by atoms with Crippen LogP contribution in [0.4, 0.5) is 4.39 Å². The van der Waals surface area contributed by atoms with E-state index in [9.17, 15) is 14.0 Å². The summed E-state index contributed by atoms with van der Waals surface area (Å²) in [7, 11) is 0. The van der Waals surface area contributed by atoms with Gasteiger partial charge in [-0.1, -0.05) is 24.6 Å². The summed E-state index contributed by atoms with van der Waals surface area (Å²) in [6.07, 6.45) is 4.82. The molecule has 7 heteroatoms. The van der Waals surface area contributed by atoms with Crippen molar-refractivity contribution >= 4 is 11.8 Å². The molecule has 0 radical (unpaired) electrons. The van der Waals surface area contributed by atoms with Crippen molar-refractivity contribution in [3.63, 3.8) is 0 Å². The summed E-state index contributed by atoms with van der Waals surface area (Å²) in [5, 5.41) is 5.82. The van der Waals surface area contributed by atoms with Crippen molar-refractivity contribution in [2.45, 2.75) is 58.0 Å². The normalized spacial score (nSPS) is 24.7. The van der Waals surface area contributed by atoms with Gasteiger partial charge in [0.2, 0.25) is 11.8 Å². The molecule has 1 spiro atoms. The van der Waals surface area contributed by atoms with Crippen molar-refractivity contribution in [3.8, 4) is 0 Å². The van der Waals surface area contributed by atoms with E-state index >= 15 is 0 Å². The zero-order valence-corrected chi connectivity index (χ0v) is 17.9. The van der Waals surface area contributed by atoms with Crippen molar-refractivity contribution in [1.82, 2.24) is 15.5 Å². The fourth-order valence-electron chi connectivity index (χ4n) is 4.32. The standard InChI is InChI=1S/C23H34FN3O3/c1-18-21(28)25-12-6-16-30-15-5-4-9-23(22(29)26-18)10-13-27(14-11-23)17-19-7-2-3-8-20(19)24/h2-3,7-8,18H,4-6,9-17H2,1H3,(H,25,28)(H,26,29)/t18-/m0/s1. The highest BCUT2D eigenvalue weighted by Gasteiger charge is 2.41. The van der Waals surface area contributed by atoms with E-state index in [0.717, 1.165) is 38.8 Å². The lowest BCUT2D eigenvalue weighted by Crippen LogP contribution is -2.53. The summed E-state index contributed by atoms with van der Waals surface area (Å²) in [4.78, 5) is 27.7. The Bertz CT molecular complexity index is 719. The van der Waals surface area contributed by atoms with Crippen molar-refractivity contribution in [2.24, 2.45) is 5.41 Å². The average molecular weight is 420 g/mol. The molecular weight excluding hydrogens is 385 g/mol. The SMILES string of the molecule is C[C@@H]1NC(=O)C2(CCCCOCCCNC1=O)CCN(Cc1ccccc1F)CC2. The number of piperidine rings is 1. The lowest BCUT2D eigenvalue weighted by molar-refractivity contribution is -0.138. The maximum absolute atomic E-state index is 14.0. The van der Waals surface area contributed by atoms with E-state index in [0.29, 0.717) is 44.7 Å². The van der Waals surface area contributed by atoms with Crippen LogP contribution in [0.2, 0.25) is 0 Å². The molecule has 2 amide bonds. The van der Waals surface area contributed by atoms with Gasteiger partial charge in [-0.15, -0.1) is 0 Å². The van der Waals surface area contributed by atoms with E-state index in [1.54, 1.807) is 13.0 Å². The lowest BCUT2D eigenvalue weighted by Gasteiger charge is -2.41. The highest BCUT2D eigenvalue weighted by atomic mass is 19.1. The highest BCUT2D eigenvalue weighted by Crippen LogP contribution is 2.37. The van der Waals surface area contributed by atoms with Crippen LogP contribution >= 0.6 is 0 Å². The van der Waals surface area contributed by atoms with E-state index < -0.39 is 11.5 Å². The second-order valence-electron chi connectivity index (χ2n) is 8.56. The Morgan fingerprint density at radius 3 is 2.60 bits per heavy atom. The number of likely N-dealkylation sites (tertiary alicyclic amines) is 1. The van der Waals surface area contributed by atoms with Gasteiger partial charge in [0, 0.05) is 31.9 Å². The Morgan fingerprint density at radius 2 is 1.83 bits per heavy atom. The lowest BCUT2D eigenvalue weighted by atomic mass is 9.73. The third-order valence-corrected chi connectivity index (χ3v) is 6.35. The molecule has 2 heterocycles. The van der Waals surface area contributed by atoms with Crippen LogP contribution in [0.15, 0.2) is 24.3 Å². The van der Waals surface area contributed by atoms with Gasteiger partial charge in [0.1, 0.15) is 11.9 Å². The Kier molecular flexibility index (Phi) is 8.22. The molecule has 30 heavy (non-hydrogen) atoms. The molecule has 2 N–H and O–H groups in total. The third-order valence-electron chi connectivity index (χ3n) is 6.35. The summed E-state index contributed by atoms with van der Waals surface area (Å²) in [5.41, 5.74) is 0.205. The maximum Gasteiger partial charge on any atom is 0.242 e. The number of carbonyl (C=O) groups is 2. The number of nitrogens with zero attached hydrogens (tertiary/aromatic N) is 1. The first-order chi connectivity index (χ1) is 14.5. The molecule has 1 atom stereocenters. The van der Waals surface area contributed by atoms with E-state index in [2.05, 4.69) is 15.5 Å². The molecule has 0 bridgehead atoms. The van der Waals surface area contributed by atoms with Crippen LogP contribution in [0.25, 0.3) is 0 Å². The Morgan fingerprint density at radius 1 is 1.10 bits per heavy atom. The average Bonchev–Trinajstić information content (AvgIpc) is 2.74. The second kappa shape index (κ2) is 10.9. The zero-order chi connectivity index (χ0) is 21.4. The number of rotatable bonds is 2. The maximum atomic E-state index is 14.0. The molecule has 0 unspecified atom stereocenters. The van der Waals surface area contributed by atoms with Crippen LogP contribution in [0.1, 0.15) is 51.0 Å². The highest BCUT2D eigenvalue weighted by molar-refractivity contribution is 5.89. The number of hydrogen-bond donors (Lipinski definition) is 2. The van der Waals surface area contributed by atoms with E-state index in [4.69, 9.17) is 4.74 Å². The fraction of sp³-hybridized carbons (Fsp3) is 0.652. The molecule has 0 aliphatic carbocycles. The number of benzene rings is 1. The summed E-state index contributed by atoms with van der Waals surface area (Å²) < 4.78 is 19.7. The summed E-state index contributed by atoms with van der Waals surface area (Å²) in [5.74, 6) is -0.380. The van der Waals surface area contributed by atoms with Gasteiger partial charge in [0.15, 0.2) is 0 Å². The molecule has 166 valence electrons. The molecule has 6 nitrogen and oxygen atoms in total. The van der Waals surface area contributed by atoms with Gasteiger partial charge in [0.05, 0.1) is 5.41 Å². The molecule has 2 aliphatic heterocycles. The molecule has 1 aromatic carbocycles. The third kappa shape index (κ3) is 6.01. The van der Waals surface area contributed by atoms with Crippen LogP contribution in [-0.2, 0) is 20.9 Å². The molecule has 0 saturated carbocycles. The van der Waals surface area contributed by atoms with Crippen LogP contribution in [0, 0.1) is 11.2 Å². The Hall–Kier alpha value is -1.99. The van der Waals surface area contributed by atoms with Gasteiger partial charge < -0.3 is 15.4 Å². The minimum Gasteiger partial charge on any atom is -0.381 e. The van der Waals surface area contributed by atoms with Gasteiger partial charge in [0.25, 0.3) is 0 Å². The molecule has 2 saturated heterocycles. The number of amides is 2. The van der Waals surface area contributed by atoms with Crippen molar-refractivity contribution in [3.05, 3.63) is 35.6 Å². The Labute approximate surface area is 178 Å². The van der Waals surface area contributed by atoms with Crippen molar-refractivity contribution in [2.75, 3.05) is 32.8 Å². The van der Waals surface area contributed by atoms with Gasteiger partial charge in [-0.2, -0.15) is 0 Å². The molecule has 2 fully saturated rings. The second-order valence-corrected chi connectivity index (χ2v) is 8.56. The van der Waals surface area contributed by atoms with E-state index in [-0.39, 0.29) is 17.6 Å². The van der Waals surface area contributed by atoms with Gasteiger partial charge in [-0.3, -0.25) is 14.5 Å². The van der Waals surface area contributed by atoms with Crippen LogP contribution in [0.5, 0.6) is 0 Å². The fourth-order valence-corrected chi connectivity index (χ4v) is 4.32. The number of nitrogens with one attached hydrogen (secondary N) is 2. The minimum absolute atomic E-state index is 0.0336. The van der Waals surface area contributed by atoms with Crippen molar-refractivity contribution < 1.29 is 18.7 Å². The molecule has 2 aliphatic rings. The van der Waals surface area contributed by atoms with Gasteiger partial charge >= 0.3 is 0 Å². The van der Waals surface area contributed by atoms with Crippen LogP contribution < -0.4 is 10.6 Å². The summed E-state index contributed by atoms with van der Waals surface area (Å²) in [6.45, 7) is 5.62. The van der Waals surface area contributed by atoms with Crippen LogP contribution in [-0.4, -0.2) is 55.6 Å². The largest absolute Gasteiger partial charge is 0.381 e. The zero-order valence-electron chi connectivity index (χ0n) is 17.9. The number of hydrogen-bond acceptors (Lipinski definition) is 4. The monoisotopic (exact) mass is 419 g/mol. The van der Waals surface area contributed by atoms with Gasteiger partial charge in [-0.05, 0) is 58.2 Å². The topological polar surface area (TPSA) is 70.7 Å². The summed E-state index contributed by atoms with van der Waals surface area (Å²) in [6, 6.07) is 6.29. The molecule has 3 rings (SSSR count). The van der Waals surface area contributed by atoms with Gasteiger partial charge in [-0.25, -0.2) is 4.39 Å². The van der Waals surface area contributed by atoms with Crippen LogP contribution in [0.3, 0.4) is 0 Å². The summed E-state index contributed by atoms with van der Waals surface area (Å²) >= 11 is 0. The predicted molar refractivity (Wildman–Crippen MR) is 113 cm³/mol. The predicted octanol–water partition coefficient (Wildman–Crippen LogP) is 2.62. The minimum atomic E-state index is -0.560. The molecule has 1 aromatic rings. The number of halogens is 1. The number of ether oxygens (including phenoxy) is 1. The Balaban J connectivity index is 1.65. The van der Waals surface area contributed by atoms with E-state index in [1.165, 1.54) is 6.07 Å². The first kappa shape index (κ1) is 22.7. The van der Waals surface area contributed by atoms with E-state index in [1.807, 2.05) is 12.1 Å². The first-order valence-electron chi connectivity index (χ1n) is 11.1. The number of carbonyl (C=O) groups excluding carboxylic acids is 2. The molecule has 0 aromatic heterocycles. The van der Waals surface area contributed by atoms with Crippen molar-refractivity contribution in [1.29, 1.82) is 0 Å². The smallest absolute Gasteiger partial charge is 0.242 e.